The number of amides is 5. The number of ketones is 1. The molecule has 0 radical (unpaired) electrons. The maximum Gasteiger partial charge on any atom is 0.289 e. The van der Waals surface area contributed by atoms with E-state index in [2.05, 4.69) is 16.0 Å². The maximum absolute atomic E-state index is 14.7. The summed E-state index contributed by atoms with van der Waals surface area (Å²) in [5, 5.41) is 9.27. The quantitative estimate of drug-likeness (QED) is 0.254. The summed E-state index contributed by atoms with van der Waals surface area (Å²) in [4.78, 5) is 85.8. The van der Waals surface area contributed by atoms with E-state index in [0.717, 1.165) is 77.0 Å². The number of Topliss-reactive ketones (excluding diaryl/α,β-unsaturated/α-hetero) is 1. The van der Waals surface area contributed by atoms with Gasteiger partial charge >= 0.3 is 0 Å². The monoisotopic (exact) mass is 737 g/mol. The number of fused-ring (bicyclic) bond motifs is 1. The van der Waals surface area contributed by atoms with Gasteiger partial charge < -0.3 is 25.8 Å². The number of carbonyl (C=O) groups excluding carboxylic acids is 6. The summed E-state index contributed by atoms with van der Waals surface area (Å²) in [5.74, 6) is -2.15. The Morgan fingerprint density at radius 2 is 1.46 bits per heavy atom. The molecule has 0 unspecified atom stereocenters. The predicted octanol–water partition coefficient (Wildman–Crippen LogP) is 5.37. The Kier molecular flexibility index (Phi) is 12.9. The van der Waals surface area contributed by atoms with E-state index < -0.39 is 41.1 Å². The zero-order valence-electron chi connectivity index (χ0n) is 30.5. The van der Waals surface area contributed by atoms with Crippen molar-refractivity contribution in [3.05, 3.63) is 29.3 Å². The Morgan fingerprint density at radius 3 is 2.13 bits per heavy atom. The van der Waals surface area contributed by atoms with Crippen molar-refractivity contribution in [1.29, 1.82) is 0 Å². The molecule has 4 atom stereocenters. The molecule has 52 heavy (non-hydrogen) atoms. The summed E-state index contributed by atoms with van der Waals surface area (Å²) in [7, 11) is 0. The molecule has 3 N–H and O–H groups in total. The normalized spacial score (nSPS) is 28.6. The Balaban J connectivity index is 1.26. The minimum atomic E-state index is -1.02. The second-order valence-electron chi connectivity index (χ2n) is 16.2. The molecule has 5 aliphatic rings. The molecule has 1 aromatic carbocycles. The second-order valence-corrected chi connectivity index (χ2v) is 16.7. The lowest BCUT2D eigenvalue weighted by Gasteiger charge is -2.30. The van der Waals surface area contributed by atoms with Gasteiger partial charge in [0.15, 0.2) is 0 Å². The molecule has 1 spiro atoms. The average molecular weight is 738 g/mol. The smallest absolute Gasteiger partial charge is 0.289 e. The summed E-state index contributed by atoms with van der Waals surface area (Å²) in [5.41, 5.74) is -0.0701. The summed E-state index contributed by atoms with van der Waals surface area (Å²) in [6, 6.07) is 4.28. The van der Waals surface area contributed by atoms with Crippen LogP contribution in [0.1, 0.15) is 128 Å². The highest BCUT2D eigenvalue weighted by Crippen LogP contribution is 2.45. The molecule has 12 heteroatoms. The summed E-state index contributed by atoms with van der Waals surface area (Å²) in [6.07, 6.45) is 16.0. The highest BCUT2D eigenvalue weighted by Gasteiger charge is 2.55. The van der Waals surface area contributed by atoms with E-state index in [1.807, 2.05) is 6.07 Å². The number of hydrogen-bond acceptors (Lipinski definition) is 6. The van der Waals surface area contributed by atoms with Crippen molar-refractivity contribution in [2.24, 2.45) is 11.3 Å². The van der Waals surface area contributed by atoms with E-state index in [-0.39, 0.29) is 43.1 Å². The predicted molar refractivity (Wildman–Crippen MR) is 198 cm³/mol. The maximum atomic E-state index is 14.7. The van der Waals surface area contributed by atoms with Crippen LogP contribution in [0.15, 0.2) is 24.3 Å². The first kappa shape index (κ1) is 38.3. The molecular weight excluding hydrogens is 682 g/mol. The Hall–Kier alpha value is -3.47. The van der Waals surface area contributed by atoms with Crippen LogP contribution in [0.2, 0.25) is 5.02 Å². The molecule has 11 nitrogen and oxygen atoms in total. The first-order valence-corrected chi connectivity index (χ1v) is 20.3. The average Bonchev–Trinajstić information content (AvgIpc) is 3.84. The molecule has 5 amide bonds. The second kappa shape index (κ2) is 17.6. The molecule has 2 aliphatic carbocycles. The van der Waals surface area contributed by atoms with Gasteiger partial charge in [-0.2, -0.15) is 0 Å². The number of hydrogen-bond donors (Lipinski definition) is 3. The molecule has 284 valence electrons. The van der Waals surface area contributed by atoms with Gasteiger partial charge in [-0.25, -0.2) is 0 Å². The van der Waals surface area contributed by atoms with Gasteiger partial charge in [0.2, 0.25) is 29.4 Å². The highest BCUT2D eigenvalue weighted by atomic mass is 35.5. The minimum absolute atomic E-state index is 0.00167. The standard InChI is InChI=1S/C40H56ClN5O6/c41-28-15-12-16-30(22-28)45-25-40(24-35(45)48)23-33-37(50)44-31(36(49)38(51)42-29-19-20-29)17-10-4-2-1-3-5-11-18-32(39(52)46(33)26-40)43-34(47)21-27-13-8-6-7-9-14-27/h12,15-16,22,27,29,31-33H,1-11,13-14,17-21,23-26H2,(H,42,51)(H,43,47)(H,44,50)/t31-,32-,33-,40+/m0/s1. The molecule has 3 saturated heterocycles. The van der Waals surface area contributed by atoms with Crippen molar-refractivity contribution in [2.75, 3.05) is 18.0 Å². The van der Waals surface area contributed by atoms with E-state index in [0.29, 0.717) is 48.9 Å². The number of benzene rings is 1. The van der Waals surface area contributed by atoms with Crippen LogP contribution in [0.25, 0.3) is 0 Å². The third-order valence-corrected chi connectivity index (χ3v) is 12.1. The molecule has 0 bridgehead atoms. The zero-order chi connectivity index (χ0) is 36.7. The molecule has 3 heterocycles. The van der Waals surface area contributed by atoms with Crippen LogP contribution in [-0.4, -0.2) is 77.5 Å². The Bertz CT molecular complexity index is 1490. The Labute approximate surface area is 312 Å². The fourth-order valence-electron chi connectivity index (χ4n) is 8.84. The molecule has 5 fully saturated rings. The van der Waals surface area contributed by atoms with E-state index in [1.54, 1.807) is 28.0 Å². The van der Waals surface area contributed by atoms with Gasteiger partial charge in [0.1, 0.15) is 12.1 Å². The van der Waals surface area contributed by atoms with Crippen molar-refractivity contribution in [1.82, 2.24) is 20.9 Å². The SMILES string of the molecule is O=C(CC1CCCCCC1)N[C@H]1CCCCCCCCC[C@@H](C(=O)C(=O)NC2CC2)NC(=O)[C@@H]2C[C@]3(CC(=O)N(c4cccc(Cl)c4)C3)CN2C1=O. The van der Waals surface area contributed by atoms with E-state index in [1.165, 1.54) is 12.8 Å². The third-order valence-electron chi connectivity index (χ3n) is 11.9. The number of rotatable bonds is 7. The lowest BCUT2D eigenvalue weighted by Crippen LogP contribution is -2.56. The van der Waals surface area contributed by atoms with Crippen LogP contribution in [0, 0.1) is 11.3 Å². The summed E-state index contributed by atoms with van der Waals surface area (Å²) < 4.78 is 0. The van der Waals surface area contributed by atoms with Gasteiger partial charge in [0.05, 0.1) is 6.04 Å². The summed E-state index contributed by atoms with van der Waals surface area (Å²) in [6.45, 7) is 0.451. The van der Waals surface area contributed by atoms with Crippen molar-refractivity contribution >= 4 is 52.6 Å². The Morgan fingerprint density at radius 1 is 0.808 bits per heavy atom. The largest absolute Gasteiger partial charge is 0.347 e. The fourth-order valence-corrected chi connectivity index (χ4v) is 9.03. The lowest BCUT2D eigenvalue weighted by atomic mass is 9.84. The van der Waals surface area contributed by atoms with Crippen molar-refractivity contribution < 1.29 is 28.8 Å². The lowest BCUT2D eigenvalue weighted by molar-refractivity contribution is -0.143. The van der Waals surface area contributed by atoms with Crippen LogP contribution in [-0.2, 0) is 28.8 Å². The van der Waals surface area contributed by atoms with Crippen LogP contribution in [0.4, 0.5) is 5.69 Å². The van der Waals surface area contributed by atoms with Gasteiger partial charge in [-0.15, -0.1) is 0 Å². The van der Waals surface area contributed by atoms with Crippen LogP contribution in [0.3, 0.4) is 0 Å². The topological polar surface area (TPSA) is 145 Å². The van der Waals surface area contributed by atoms with Crippen molar-refractivity contribution in [3.8, 4) is 0 Å². The number of anilines is 1. The summed E-state index contributed by atoms with van der Waals surface area (Å²) >= 11 is 6.28. The van der Waals surface area contributed by atoms with E-state index in [9.17, 15) is 28.8 Å². The van der Waals surface area contributed by atoms with Crippen molar-refractivity contribution in [3.63, 3.8) is 0 Å². The molecule has 2 saturated carbocycles. The fraction of sp³-hybridized carbons (Fsp3) is 0.700. The van der Waals surface area contributed by atoms with E-state index in [4.69, 9.17) is 11.6 Å². The van der Waals surface area contributed by atoms with Gasteiger partial charge in [0.25, 0.3) is 5.91 Å². The van der Waals surface area contributed by atoms with Crippen LogP contribution in [0.5, 0.6) is 0 Å². The van der Waals surface area contributed by atoms with Crippen LogP contribution < -0.4 is 20.9 Å². The minimum Gasteiger partial charge on any atom is -0.347 e. The van der Waals surface area contributed by atoms with Gasteiger partial charge in [0, 0.05) is 48.1 Å². The van der Waals surface area contributed by atoms with Gasteiger partial charge in [-0.05, 0) is 69.1 Å². The number of nitrogens with one attached hydrogen (secondary N) is 3. The third kappa shape index (κ3) is 9.94. The number of halogens is 1. The first-order valence-electron chi connectivity index (χ1n) is 19.9. The van der Waals surface area contributed by atoms with Crippen molar-refractivity contribution in [2.45, 2.75) is 153 Å². The molecule has 0 aromatic heterocycles. The van der Waals surface area contributed by atoms with Gasteiger partial charge in [-0.3, -0.25) is 28.8 Å². The number of nitrogens with zero attached hydrogens (tertiary/aromatic N) is 2. The molecule has 6 rings (SSSR count). The molecular formula is C40H56ClN5O6. The van der Waals surface area contributed by atoms with Gasteiger partial charge in [-0.1, -0.05) is 88.3 Å². The molecule has 1 aromatic rings. The highest BCUT2D eigenvalue weighted by molar-refractivity contribution is 6.38. The first-order chi connectivity index (χ1) is 25.1. The zero-order valence-corrected chi connectivity index (χ0v) is 31.2. The van der Waals surface area contributed by atoms with Crippen LogP contribution >= 0.6 is 11.6 Å². The number of carbonyl (C=O) groups is 6. The van der Waals surface area contributed by atoms with E-state index >= 15 is 0 Å². The molecule has 3 aliphatic heterocycles.